The molecule has 3 amide bonds. The second kappa shape index (κ2) is 8.43. The first kappa shape index (κ1) is 19.2. The fourth-order valence-corrected chi connectivity index (χ4v) is 3.10. The molecule has 0 radical (unpaired) electrons. The lowest BCUT2D eigenvalue weighted by molar-refractivity contribution is -0.137. The maximum Gasteiger partial charge on any atom is 0.323 e. The van der Waals surface area contributed by atoms with Crippen LogP contribution in [0.2, 0.25) is 0 Å². The van der Waals surface area contributed by atoms with Crippen LogP contribution in [0, 0.1) is 0 Å². The highest BCUT2D eigenvalue weighted by molar-refractivity contribution is 5.98. The lowest BCUT2D eigenvalue weighted by Gasteiger charge is -2.27. The summed E-state index contributed by atoms with van der Waals surface area (Å²) in [6.07, 6.45) is 0.583. The third-order valence-electron chi connectivity index (χ3n) is 4.44. The van der Waals surface area contributed by atoms with Gasteiger partial charge < -0.3 is 25.8 Å². The van der Waals surface area contributed by atoms with E-state index >= 15 is 0 Å². The molecule has 2 aromatic rings. The molecule has 0 spiro atoms. The molecule has 4 N–H and O–H groups in total. The molecule has 8 heteroatoms. The van der Waals surface area contributed by atoms with Gasteiger partial charge in [0.25, 0.3) is 5.91 Å². The van der Waals surface area contributed by atoms with Gasteiger partial charge in [-0.25, -0.2) is 4.79 Å². The van der Waals surface area contributed by atoms with Crippen LogP contribution < -0.4 is 15.8 Å². The van der Waals surface area contributed by atoms with Gasteiger partial charge in [0.1, 0.15) is 18.9 Å². The normalized spacial score (nSPS) is 13.0. The van der Waals surface area contributed by atoms with E-state index in [1.165, 1.54) is 4.90 Å². The molecule has 0 saturated heterocycles. The van der Waals surface area contributed by atoms with Gasteiger partial charge in [0.2, 0.25) is 0 Å². The van der Waals surface area contributed by atoms with Gasteiger partial charge in [-0.05, 0) is 41.3 Å². The van der Waals surface area contributed by atoms with Gasteiger partial charge in [0, 0.05) is 18.7 Å². The highest BCUT2D eigenvalue weighted by atomic mass is 16.5. The number of rotatable bonds is 7. The summed E-state index contributed by atoms with van der Waals surface area (Å²) in [7, 11) is 0. The number of carbonyl (C=O) groups is 3. The number of amides is 3. The van der Waals surface area contributed by atoms with Crippen LogP contribution in [0.25, 0.3) is 0 Å². The molecule has 146 valence electrons. The van der Waals surface area contributed by atoms with Crippen molar-refractivity contribution in [1.82, 2.24) is 10.2 Å². The third kappa shape index (κ3) is 4.79. The summed E-state index contributed by atoms with van der Waals surface area (Å²) < 4.78 is 5.83. The Morgan fingerprint density at radius 1 is 1.18 bits per heavy atom. The zero-order chi connectivity index (χ0) is 20.1. The van der Waals surface area contributed by atoms with Crippen molar-refractivity contribution in [3.05, 3.63) is 64.7 Å². The number of benzene rings is 2. The zero-order valence-corrected chi connectivity index (χ0v) is 15.2. The number of carbonyl (C=O) groups excluding carboxylic acids is 2. The van der Waals surface area contributed by atoms with Gasteiger partial charge in [0.15, 0.2) is 0 Å². The van der Waals surface area contributed by atoms with Crippen molar-refractivity contribution in [3.8, 4) is 5.75 Å². The van der Waals surface area contributed by atoms with Crippen LogP contribution in [0.5, 0.6) is 5.75 Å². The van der Waals surface area contributed by atoms with E-state index < -0.39 is 12.0 Å². The van der Waals surface area contributed by atoms with Crippen LogP contribution in [-0.4, -0.2) is 41.0 Å². The average Bonchev–Trinajstić information content (AvgIpc) is 2.67. The van der Waals surface area contributed by atoms with E-state index in [-0.39, 0.29) is 12.5 Å². The molecule has 0 fully saturated rings. The molecule has 28 heavy (non-hydrogen) atoms. The zero-order valence-electron chi connectivity index (χ0n) is 15.2. The molecule has 1 heterocycles. The number of nitrogens with zero attached hydrogens (tertiary/aromatic N) is 1. The lowest BCUT2D eigenvalue weighted by atomic mass is 9.98. The molecule has 0 bridgehead atoms. The van der Waals surface area contributed by atoms with Crippen molar-refractivity contribution in [1.29, 1.82) is 0 Å². The van der Waals surface area contributed by atoms with Crippen LogP contribution in [0.1, 0.15) is 27.0 Å². The fraction of sp³-hybridized carbons (Fsp3) is 0.250. The van der Waals surface area contributed by atoms with Crippen LogP contribution in [-0.2, 0) is 24.4 Å². The Bertz CT molecular complexity index is 912. The minimum atomic E-state index is -1.02. The number of hydrogen-bond acceptors (Lipinski definition) is 4. The quantitative estimate of drug-likeness (QED) is 0.669. The van der Waals surface area contributed by atoms with E-state index in [0.29, 0.717) is 37.4 Å². The van der Waals surface area contributed by atoms with Crippen molar-refractivity contribution < 1.29 is 24.2 Å². The van der Waals surface area contributed by atoms with E-state index in [2.05, 4.69) is 5.32 Å². The number of carboxylic acid groups (broad SMARTS) is 1. The number of carboxylic acids is 1. The Hall–Kier alpha value is -3.55. The molecule has 3 rings (SSSR count). The molecule has 0 unspecified atom stereocenters. The van der Waals surface area contributed by atoms with Crippen LogP contribution in [0.4, 0.5) is 4.79 Å². The van der Waals surface area contributed by atoms with Gasteiger partial charge in [0.05, 0.1) is 0 Å². The maximum absolute atomic E-state index is 12.4. The SMILES string of the molecule is NC(=O)NCc1cccc(COc2ccc3c(c2)CCN(CC(=O)O)C3=O)c1. The molecule has 2 aromatic carbocycles. The fourth-order valence-electron chi connectivity index (χ4n) is 3.10. The van der Waals surface area contributed by atoms with Crippen molar-refractivity contribution in [3.63, 3.8) is 0 Å². The largest absolute Gasteiger partial charge is 0.489 e. The minimum Gasteiger partial charge on any atom is -0.489 e. The van der Waals surface area contributed by atoms with Gasteiger partial charge in [-0.15, -0.1) is 0 Å². The van der Waals surface area contributed by atoms with Gasteiger partial charge in [-0.3, -0.25) is 9.59 Å². The molecule has 0 saturated carbocycles. The Labute approximate surface area is 161 Å². The summed E-state index contributed by atoms with van der Waals surface area (Å²) in [5.74, 6) is -0.659. The molecule has 0 aromatic heterocycles. The first-order valence-electron chi connectivity index (χ1n) is 8.80. The number of nitrogens with one attached hydrogen (secondary N) is 1. The summed E-state index contributed by atoms with van der Waals surface area (Å²) in [5.41, 5.74) is 8.29. The molecule has 0 atom stereocenters. The number of urea groups is 1. The van der Waals surface area contributed by atoms with Gasteiger partial charge in [-0.1, -0.05) is 24.3 Å². The maximum atomic E-state index is 12.4. The topological polar surface area (TPSA) is 122 Å². The number of ether oxygens (including phenoxy) is 1. The number of aliphatic carboxylic acids is 1. The Morgan fingerprint density at radius 2 is 1.96 bits per heavy atom. The average molecular weight is 383 g/mol. The Morgan fingerprint density at radius 3 is 2.71 bits per heavy atom. The summed E-state index contributed by atoms with van der Waals surface area (Å²) in [5, 5.41) is 11.4. The van der Waals surface area contributed by atoms with Crippen molar-refractivity contribution >= 4 is 17.9 Å². The summed E-state index contributed by atoms with van der Waals surface area (Å²) in [6.45, 7) is 0.757. The van der Waals surface area contributed by atoms with Gasteiger partial charge in [-0.2, -0.15) is 0 Å². The summed E-state index contributed by atoms with van der Waals surface area (Å²) in [4.78, 5) is 35.4. The van der Waals surface area contributed by atoms with E-state index in [0.717, 1.165) is 16.7 Å². The summed E-state index contributed by atoms with van der Waals surface area (Å²) in [6, 6.07) is 12.2. The molecule has 8 nitrogen and oxygen atoms in total. The molecular formula is C20H21N3O5. The highest BCUT2D eigenvalue weighted by Gasteiger charge is 2.26. The van der Waals surface area contributed by atoms with Crippen molar-refractivity contribution in [2.45, 2.75) is 19.6 Å². The third-order valence-corrected chi connectivity index (χ3v) is 4.44. The first-order chi connectivity index (χ1) is 13.4. The van der Waals surface area contributed by atoms with E-state index in [4.69, 9.17) is 15.6 Å². The standard InChI is InChI=1S/C20H21N3O5/c21-20(27)22-10-13-2-1-3-14(8-13)12-28-16-4-5-17-15(9-16)6-7-23(19(17)26)11-18(24)25/h1-5,8-9H,6-7,10-12H2,(H,24,25)(H3,21,22,27). The number of nitrogens with two attached hydrogens (primary N) is 1. The predicted molar refractivity (Wildman–Crippen MR) is 101 cm³/mol. The molecular weight excluding hydrogens is 362 g/mol. The van der Waals surface area contributed by atoms with E-state index in [1.54, 1.807) is 12.1 Å². The highest BCUT2D eigenvalue weighted by Crippen LogP contribution is 2.24. The second-order valence-corrected chi connectivity index (χ2v) is 6.52. The van der Waals surface area contributed by atoms with Gasteiger partial charge >= 0.3 is 12.0 Å². The first-order valence-corrected chi connectivity index (χ1v) is 8.80. The van der Waals surface area contributed by atoms with E-state index in [9.17, 15) is 14.4 Å². The number of hydrogen-bond donors (Lipinski definition) is 3. The predicted octanol–water partition coefficient (Wildman–Crippen LogP) is 1.52. The Balaban J connectivity index is 1.64. The Kier molecular flexibility index (Phi) is 5.78. The van der Waals surface area contributed by atoms with Crippen molar-refractivity contribution in [2.24, 2.45) is 5.73 Å². The summed E-state index contributed by atoms with van der Waals surface area (Å²) >= 11 is 0. The molecule has 1 aliphatic heterocycles. The lowest BCUT2D eigenvalue weighted by Crippen LogP contribution is -2.40. The van der Waals surface area contributed by atoms with Crippen molar-refractivity contribution in [2.75, 3.05) is 13.1 Å². The molecule has 1 aliphatic rings. The smallest absolute Gasteiger partial charge is 0.323 e. The van der Waals surface area contributed by atoms with Crippen LogP contribution in [0.15, 0.2) is 42.5 Å². The molecule has 0 aliphatic carbocycles. The monoisotopic (exact) mass is 383 g/mol. The van der Waals surface area contributed by atoms with E-state index in [1.807, 2.05) is 30.3 Å². The van der Waals surface area contributed by atoms with Crippen LogP contribution >= 0.6 is 0 Å². The van der Waals surface area contributed by atoms with Crippen LogP contribution in [0.3, 0.4) is 0 Å². The second-order valence-electron chi connectivity index (χ2n) is 6.52. The number of fused-ring (bicyclic) bond motifs is 1. The number of primary amides is 1. The minimum absolute atomic E-state index is 0.273.